The smallest absolute Gasteiger partial charge is 0.269 e. The van der Waals surface area contributed by atoms with Crippen molar-refractivity contribution < 1.29 is 4.92 Å². The summed E-state index contributed by atoms with van der Waals surface area (Å²) in [7, 11) is 0. The molecule has 0 unspecified atom stereocenters. The molecule has 102 valence electrons. The fraction of sp³-hybridized carbons (Fsp3) is 0.0714. The molecule has 0 aliphatic carbocycles. The Balaban J connectivity index is 2.06. The number of nitrogens with zero attached hydrogens (tertiary/aromatic N) is 2. The molecule has 0 aliphatic heterocycles. The average Bonchev–Trinajstić information content (AvgIpc) is 2.44. The zero-order valence-electron chi connectivity index (χ0n) is 10.7. The topological polar surface area (TPSA) is 67.5 Å². The highest BCUT2D eigenvalue weighted by molar-refractivity contribution is 6.31. The lowest BCUT2D eigenvalue weighted by molar-refractivity contribution is -0.384. The second kappa shape index (κ2) is 6.16. The molecule has 2 aromatic carbocycles. The van der Waals surface area contributed by atoms with Gasteiger partial charge >= 0.3 is 0 Å². The van der Waals surface area contributed by atoms with Crippen molar-refractivity contribution in [2.75, 3.05) is 5.43 Å². The van der Waals surface area contributed by atoms with E-state index < -0.39 is 4.92 Å². The summed E-state index contributed by atoms with van der Waals surface area (Å²) in [6.45, 7) is 1.89. The molecule has 20 heavy (non-hydrogen) atoms. The van der Waals surface area contributed by atoms with E-state index in [-0.39, 0.29) is 5.69 Å². The van der Waals surface area contributed by atoms with E-state index in [0.717, 1.165) is 16.8 Å². The van der Waals surface area contributed by atoms with Gasteiger partial charge in [-0.25, -0.2) is 0 Å². The Kier molecular flexibility index (Phi) is 4.32. The summed E-state index contributed by atoms with van der Waals surface area (Å²) in [6.07, 6.45) is 1.59. The average molecular weight is 290 g/mol. The lowest BCUT2D eigenvalue weighted by Gasteiger charge is -2.05. The van der Waals surface area contributed by atoms with Crippen molar-refractivity contribution in [2.24, 2.45) is 5.10 Å². The van der Waals surface area contributed by atoms with E-state index in [0.29, 0.717) is 5.02 Å². The van der Waals surface area contributed by atoms with Gasteiger partial charge < -0.3 is 0 Å². The number of halogens is 1. The monoisotopic (exact) mass is 289 g/mol. The summed E-state index contributed by atoms with van der Waals surface area (Å²) in [5, 5.41) is 15.3. The van der Waals surface area contributed by atoms with E-state index in [1.807, 2.05) is 25.1 Å². The Labute approximate surface area is 121 Å². The van der Waals surface area contributed by atoms with Crippen LogP contribution >= 0.6 is 11.6 Å². The van der Waals surface area contributed by atoms with Crippen molar-refractivity contribution in [2.45, 2.75) is 6.92 Å². The van der Waals surface area contributed by atoms with Gasteiger partial charge in [-0.15, -0.1) is 0 Å². The molecule has 0 fully saturated rings. The summed E-state index contributed by atoms with van der Waals surface area (Å²) in [5.74, 6) is 0. The van der Waals surface area contributed by atoms with Gasteiger partial charge in [0, 0.05) is 17.2 Å². The Morgan fingerprint density at radius 3 is 2.60 bits per heavy atom. The number of benzene rings is 2. The molecule has 1 N–H and O–H groups in total. The van der Waals surface area contributed by atoms with Gasteiger partial charge in [-0.3, -0.25) is 15.5 Å². The maximum Gasteiger partial charge on any atom is 0.269 e. The van der Waals surface area contributed by atoms with Gasteiger partial charge in [0.15, 0.2) is 0 Å². The summed E-state index contributed by atoms with van der Waals surface area (Å²) in [6, 6.07) is 11.6. The second-order valence-electron chi connectivity index (χ2n) is 4.13. The predicted octanol–water partition coefficient (Wildman–Crippen LogP) is 4.00. The third kappa shape index (κ3) is 3.33. The van der Waals surface area contributed by atoms with Crippen molar-refractivity contribution >= 4 is 29.2 Å². The minimum absolute atomic E-state index is 0.0563. The normalized spacial score (nSPS) is 10.7. The fourth-order valence-corrected chi connectivity index (χ4v) is 1.76. The van der Waals surface area contributed by atoms with E-state index in [9.17, 15) is 10.1 Å². The number of non-ortho nitro benzene ring substituents is 1. The van der Waals surface area contributed by atoms with E-state index in [1.54, 1.807) is 18.3 Å². The van der Waals surface area contributed by atoms with Crippen LogP contribution in [0.3, 0.4) is 0 Å². The van der Waals surface area contributed by atoms with Gasteiger partial charge in [0.25, 0.3) is 5.69 Å². The molecular formula is C14H12ClN3O2. The highest BCUT2D eigenvalue weighted by Crippen LogP contribution is 2.22. The Morgan fingerprint density at radius 1 is 1.25 bits per heavy atom. The predicted molar refractivity (Wildman–Crippen MR) is 80.5 cm³/mol. The molecule has 0 atom stereocenters. The molecule has 6 heteroatoms. The van der Waals surface area contributed by atoms with Gasteiger partial charge in [-0.2, -0.15) is 5.10 Å². The Hall–Kier alpha value is -2.40. The van der Waals surface area contributed by atoms with Crippen LogP contribution in [0.5, 0.6) is 0 Å². The molecule has 0 spiro atoms. The van der Waals surface area contributed by atoms with Crippen molar-refractivity contribution in [3.63, 3.8) is 0 Å². The maximum atomic E-state index is 10.5. The number of nitrogens with one attached hydrogen (secondary N) is 1. The van der Waals surface area contributed by atoms with Crippen molar-refractivity contribution in [1.82, 2.24) is 0 Å². The molecule has 0 radical (unpaired) electrons. The fourth-order valence-electron chi connectivity index (χ4n) is 1.59. The van der Waals surface area contributed by atoms with E-state index in [2.05, 4.69) is 10.5 Å². The van der Waals surface area contributed by atoms with Crippen LogP contribution < -0.4 is 5.43 Å². The molecule has 0 heterocycles. The first kappa shape index (κ1) is 14.0. The minimum Gasteiger partial charge on any atom is -0.278 e. The number of nitro benzene ring substituents is 1. The molecule has 0 saturated carbocycles. The third-order valence-corrected chi connectivity index (χ3v) is 3.18. The largest absolute Gasteiger partial charge is 0.278 e. The third-order valence-electron chi connectivity index (χ3n) is 2.77. The lowest BCUT2D eigenvalue weighted by atomic mass is 10.2. The number of rotatable bonds is 4. The van der Waals surface area contributed by atoms with Crippen molar-refractivity contribution in [3.8, 4) is 0 Å². The van der Waals surface area contributed by atoms with E-state index >= 15 is 0 Å². The molecule has 0 bridgehead atoms. The number of anilines is 1. The van der Waals surface area contributed by atoms with Crippen LogP contribution in [0.25, 0.3) is 0 Å². The molecule has 0 aromatic heterocycles. The van der Waals surface area contributed by atoms with Crippen LogP contribution in [0.1, 0.15) is 11.1 Å². The Bertz CT molecular complexity index is 654. The molecule has 5 nitrogen and oxygen atoms in total. The molecule has 0 saturated heterocycles. The van der Waals surface area contributed by atoms with Crippen molar-refractivity contribution in [1.29, 1.82) is 0 Å². The van der Waals surface area contributed by atoms with Crippen molar-refractivity contribution in [3.05, 3.63) is 68.7 Å². The van der Waals surface area contributed by atoms with Gasteiger partial charge in [-0.1, -0.05) is 17.7 Å². The lowest BCUT2D eigenvalue weighted by Crippen LogP contribution is -1.94. The van der Waals surface area contributed by atoms with Crippen LogP contribution in [0, 0.1) is 17.0 Å². The summed E-state index contributed by atoms with van der Waals surface area (Å²) < 4.78 is 0. The summed E-state index contributed by atoms with van der Waals surface area (Å²) >= 11 is 6.00. The standard InChI is InChI=1S/C14H12ClN3O2/c1-10-13(15)3-2-4-14(10)17-16-9-11-5-7-12(8-6-11)18(19)20/h2-9,17H,1H3/b16-9-. The highest BCUT2D eigenvalue weighted by Gasteiger charge is 2.03. The maximum absolute atomic E-state index is 10.5. The summed E-state index contributed by atoms with van der Waals surface area (Å²) in [5.41, 5.74) is 5.44. The first-order chi connectivity index (χ1) is 9.58. The van der Waals surface area contributed by atoms with E-state index in [4.69, 9.17) is 11.6 Å². The quantitative estimate of drug-likeness (QED) is 0.525. The molecule has 2 rings (SSSR count). The number of hydrogen-bond donors (Lipinski definition) is 1. The SMILES string of the molecule is Cc1c(Cl)cccc1N/N=C\c1ccc([N+](=O)[O-])cc1. The number of hydrogen-bond acceptors (Lipinski definition) is 4. The Morgan fingerprint density at radius 2 is 1.95 bits per heavy atom. The minimum atomic E-state index is -0.436. The zero-order chi connectivity index (χ0) is 14.5. The van der Waals surface area contributed by atoms with Crippen LogP contribution in [-0.2, 0) is 0 Å². The first-order valence-electron chi connectivity index (χ1n) is 5.86. The summed E-state index contributed by atoms with van der Waals surface area (Å²) in [4.78, 5) is 10.1. The van der Waals surface area contributed by atoms with E-state index in [1.165, 1.54) is 12.1 Å². The zero-order valence-corrected chi connectivity index (χ0v) is 11.5. The molecular weight excluding hydrogens is 278 g/mol. The van der Waals surface area contributed by atoms with Gasteiger partial charge in [0.05, 0.1) is 16.8 Å². The van der Waals surface area contributed by atoms with Crippen LogP contribution in [0.4, 0.5) is 11.4 Å². The van der Waals surface area contributed by atoms with Gasteiger partial charge in [0.1, 0.15) is 0 Å². The molecule has 0 amide bonds. The van der Waals surface area contributed by atoms with Gasteiger partial charge in [-0.05, 0) is 42.3 Å². The van der Waals surface area contributed by atoms with Crippen LogP contribution in [-0.4, -0.2) is 11.1 Å². The first-order valence-corrected chi connectivity index (χ1v) is 6.24. The van der Waals surface area contributed by atoms with Crippen LogP contribution in [0.15, 0.2) is 47.6 Å². The highest BCUT2D eigenvalue weighted by atomic mass is 35.5. The molecule has 2 aromatic rings. The second-order valence-corrected chi connectivity index (χ2v) is 4.54. The number of nitro groups is 1. The van der Waals surface area contributed by atoms with Gasteiger partial charge in [0.2, 0.25) is 0 Å². The molecule has 0 aliphatic rings. The number of hydrazone groups is 1. The van der Waals surface area contributed by atoms with Crippen LogP contribution in [0.2, 0.25) is 5.02 Å².